The maximum Gasteiger partial charge on any atom is 0.346 e. The Morgan fingerprint density at radius 1 is 0.571 bits per heavy atom. The highest BCUT2D eigenvalue weighted by Gasteiger charge is 2.21. The molecule has 0 amide bonds. The van der Waals surface area contributed by atoms with E-state index in [9.17, 15) is 9.59 Å². The van der Waals surface area contributed by atoms with Crippen LogP contribution in [0.25, 0.3) is 21.5 Å². The van der Waals surface area contributed by atoms with Crippen molar-refractivity contribution in [1.82, 2.24) is 0 Å². The van der Waals surface area contributed by atoms with Crippen LogP contribution in [-0.2, 0) is 4.74 Å². The smallest absolute Gasteiger partial charge is 0.346 e. The first-order chi connectivity index (χ1) is 17.1. The van der Waals surface area contributed by atoms with E-state index in [1.165, 1.54) is 0 Å². The van der Waals surface area contributed by atoms with E-state index in [0.717, 1.165) is 36.5 Å². The summed E-state index contributed by atoms with van der Waals surface area (Å²) in [7, 11) is 0. The third-order valence-corrected chi connectivity index (χ3v) is 5.90. The SMILES string of the molecule is CCCCOc1ccc(C(=O)OC(=O)c2ccc(OCCCC)c3ccccc23)c2ccccc12. The molecule has 0 aliphatic carbocycles. The Hall–Kier alpha value is -3.86. The van der Waals surface area contributed by atoms with Crippen molar-refractivity contribution >= 4 is 33.5 Å². The first-order valence-electron chi connectivity index (χ1n) is 12.2. The molecule has 4 aromatic carbocycles. The van der Waals surface area contributed by atoms with Gasteiger partial charge < -0.3 is 14.2 Å². The molecule has 0 saturated carbocycles. The van der Waals surface area contributed by atoms with Gasteiger partial charge in [-0.1, -0.05) is 75.2 Å². The molecule has 0 atom stereocenters. The zero-order valence-electron chi connectivity index (χ0n) is 20.2. The van der Waals surface area contributed by atoms with Crippen LogP contribution in [0, 0.1) is 0 Å². The molecule has 5 heteroatoms. The number of hydrogen-bond acceptors (Lipinski definition) is 5. The lowest BCUT2D eigenvalue weighted by molar-refractivity contribution is 0.0400. The molecule has 0 aliphatic heterocycles. The molecule has 0 radical (unpaired) electrons. The predicted molar refractivity (Wildman–Crippen MR) is 138 cm³/mol. The van der Waals surface area contributed by atoms with Crippen LogP contribution in [0.5, 0.6) is 11.5 Å². The quantitative estimate of drug-likeness (QED) is 0.138. The van der Waals surface area contributed by atoms with Crippen molar-refractivity contribution in [3.63, 3.8) is 0 Å². The van der Waals surface area contributed by atoms with Crippen molar-refractivity contribution in [2.45, 2.75) is 39.5 Å². The molecule has 0 spiro atoms. The summed E-state index contributed by atoms with van der Waals surface area (Å²) in [6.45, 7) is 5.42. The fourth-order valence-corrected chi connectivity index (χ4v) is 4.00. The van der Waals surface area contributed by atoms with Gasteiger partial charge in [0.1, 0.15) is 11.5 Å². The Labute approximate surface area is 205 Å². The Kier molecular flexibility index (Phi) is 7.99. The van der Waals surface area contributed by atoms with Crippen molar-refractivity contribution in [2.75, 3.05) is 13.2 Å². The van der Waals surface area contributed by atoms with E-state index in [1.807, 2.05) is 48.5 Å². The number of unbranched alkanes of at least 4 members (excludes halogenated alkanes) is 2. The fraction of sp³-hybridized carbons (Fsp3) is 0.267. The van der Waals surface area contributed by atoms with Crippen molar-refractivity contribution in [3.05, 3.63) is 83.9 Å². The van der Waals surface area contributed by atoms with Crippen molar-refractivity contribution in [1.29, 1.82) is 0 Å². The maximum absolute atomic E-state index is 13.1. The van der Waals surface area contributed by atoms with Crippen LogP contribution in [0.1, 0.15) is 60.2 Å². The number of carbonyl (C=O) groups excluding carboxylic acids is 2. The first-order valence-corrected chi connectivity index (χ1v) is 12.2. The molecule has 0 unspecified atom stereocenters. The number of benzene rings is 4. The Morgan fingerprint density at radius 2 is 0.971 bits per heavy atom. The van der Waals surface area contributed by atoms with Crippen LogP contribution >= 0.6 is 0 Å². The predicted octanol–water partition coefficient (Wildman–Crippen LogP) is 7.35. The van der Waals surface area contributed by atoms with Gasteiger partial charge in [-0.2, -0.15) is 0 Å². The molecule has 4 rings (SSSR count). The molecular formula is C30H30O5. The van der Waals surface area contributed by atoms with Gasteiger partial charge >= 0.3 is 11.9 Å². The molecular weight excluding hydrogens is 440 g/mol. The van der Waals surface area contributed by atoms with Crippen LogP contribution in [0.2, 0.25) is 0 Å². The zero-order chi connectivity index (χ0) is 24.6. The molecule has 4 aromatic rings. The van der Waals surface area contributed by atoms with E-state index in [-0.39, 0.29) is 0 Å². The highest BCUT2D eigenvalue weighted by atomic mass is 16.6. The normalized spacial score (nSPS) is 10.9. The molecule has 180 valence electrons. The number of carbonyl (C=O) groups is 2. The van der Waals surface area contributed by atoms with Crippen LogP contribution in [0.4, 0.5) is 0 Å². The molecule has 0 aromatic heterocycles. The topological polar surface area (TPSA) is 61.8 Å². The summed E-state index contributed by atoms with van der Waals surface area (Å²) in [5.74, 6) is 0.0282. The summed E-state index contributed by atoms with van der Waals surface area (Å²) in [5.41, 5.74) is 0.640. The van der Waals surface area contributed by atoms with Gasteiger partial charge in [-0.25, -0.2) is 9.59 Å². The van der Waals surface area contributed by atoms with E-state index in [1.54, 1.807) is 24.3 Å². The second-order valence-electron chi connectivity index (χ2n) is 8.39. The van der Waals surface area contributed by atoms with Gasteiger partial charge in [-0.15, -0.1) is 0 Å². The summed E-state index contributed by atoms with van der Waals surface area (Å²) < 4.78 is 17.2. The summed E-state index contributed by atoms with van der Waals surface area (Å²) in [6, 6.07) is 21.8. The van der Waals surface area contributed by atoms with Crippen molar-refractivity contribution in [2.24, 2.45) is 0 Å². The standard InChI is InChI=1S/C30H30O5/c1-3-5-19-33-27-17-15-25(21-11-7-9-13-23(21)27)29(31)35-30(32)26-16-18-28(34-20-6-4-2)24-14-10-8-12-22(24)26/h7-18H,3-6,19-20H2,1-2H3. The molecule has 0 bridgehead atoms. The lowest BCUT2D eigenvalue weighted by Crippen LogP contribution is -2.14. The lowest BCUT2D eigenvalue weighted by Gasteiger charge is -2.13. The monoisotopic (exact) mass is 470 g/mol. The van der Waals surface area contributed by atoms with Crippen LogP contribution < -0.4 is 9.47 Å². The Bertz CT molecular complexity index is 1240. The van der Waals surface area contributed by atoms with E-state index in [2.05, 4.69) is 13.8 Å². The largest absolute Gasteiger partial charge is 0.493 e. The van der Waals surface area contributed by atoms with E-state index >= 15 is 0 Å². The molecule has 0 saturated heterocycles. The average molecular weight is 471 g/mol. The van der Waals surface area contributed by atoms with Gasteiger partial charge in [-0.3, -0.25) is 0 Å². The van der Waals surface area contributed by atoms with Gasteiger partial charge in [-0.05, 0) is 47.9 Å². The third-order valence-electron chi connectivity index (χ3n) is 5.90. The second-order valence-corrected chi connectivity index (χ2v) is 8.39. The minimum Gasteiger partial charge on any atom is -0.493 e. The fourth-order valence-electron chi connectivity index (χ4n) is 4.00. The molecule has 0 aliphatic rings. The minimum atomic E-state index is -0.696. The summed E-state index contributed by atoms with van der Waals surface area (Å²) in [4.78, 5) is 26.2. The van der Waals surface area contributed by atoms with Gasteiger partial charge in [0.05, 0.1) is 24.3 Å². The van der Waals surface area contributed by atoms with Crippen LogP contribution in [-0.4, -0.2) is 25.2 Å². The van der Waals surface area contributed by atoms with Gasteiger partial charge in [0.25, 0.3) is 0 Å². The molecule has 0 heterocycles. The highest BCUT2D eigenvalue weighted by Crippen LogP contribution is 2.31. The third kappa shape index (κ3) is 5.46. The number of fused-ring (bicyclic) bond motifs is 2. The second kappa shape index (κ2) is 11.5. The number of ether oxygens (including phenoxy) is 3. The highest BCUT2D eigenvalue weighted by molar-refractivity contribution is 6.14. The van der Waals surface area contributed by atoms with Crippen molar-refractivity contribution in [3.8, 4) is 11.5 Å². The average Bonchev–Trinajstić information content (AvgIpc) is 2.89. The van der Waals surface area contributed by atoms with Gasteiger partial charge in [0.15, 0.2) is 0 Å². The summed E-state index contributed by atoms with van der Waals surface area (Å²) in [5, 5.41) is 2.99. The Balaban J connectivity index is 1.60. The lowest BCUT2D eigenvalue weighted by atomic mass is 10.0. The zero-order valence-corrected chi connectivity index (χ0v) is 20.2. The van der Waals surface area contributed by atoms with E-state index < -0.39 is 11.9 Å². The number of hydrogen-bond donors (Lipinski definition) is 0. The number of esters is 2. The van der Waals surface area contributed by atoms with Crippen LogP contribution in [0.15, 0.2) is 72.8 Å². The molecule has 5 nitrogen and oxygen atoms in total. The number of rotatable bonds is 10. The first kappa shape index (κ1) is 24.3. The summed E-state index contributed by atoms with van der Waals surface area (Å²) in [6.07, 6.45) is 3.96. The molecule has 0 fully saturated rings. The molecule has 35 heavy (non-hydrogen) atoms. The van der Waals surface area contributed by atoms with Crippen molar-refractivity contribution < 1.29 is 23.8 Å². The van der Waals surface area contributed by atoms with Gasteiger partial charge in [0.2, 0.25) is 0 Å². The Morgan fingerprint density at radius 3 is 1.37 bits per heavy atom. The molecule has 0 N–H and O–H groups in total. The summed E-state index contributed by atoms with van der Waals surface area (Å²) >= 11 is 0. The van der Waals surface area contributed by atoms with Crippen LogP contribution in [0.3, 0.4) is 0 Å². The minimum absolute atomic E-state index is 0.320. The van der Waals surface area contributed by atoms with Gasteiger partial charge in [0, 0.05) is 10.8 Å². The van der Waals surface area contributed by atoms with E-state index in [4.69, 9.17) is 14.2 Å². The van der Waals surface area contributed by atoms with E-state index in [0.29, 0.717) is 46.6 Å². The maximum atomic E-state index is 13.1.